The monoisotopic (exact) mass is 314 g/mol. The second kappa shape index (κ2) is 8.25. The van der Waals surface area contributed by atoms with E-state index in [4.69, 9.17) is 10.5 Å². The van der Waals surface area contributed by atoms with Crippen LogP contribution in [0.2, 0.25) is 0 Å². The maximum atomic E-state index is 12.3. The van der Waals surface area contributed by atoms with Gasteiger partial charge in [0.05, 0.1) is 0 Å². The largest absolute Gasteiger partial charge is 0.481 e. The Balaban J connectivity index is 0.00000400. The molecule has 1 rings (SSSR count). The SMILES string of the molecule is Cc1cccc(OC(C)C(=O)N(C)CC(C)(C)CN)c1.Cl. The maximum Gasteiger partial charge on any atom is 0.263 e. The van der Waals surface area contributed by atoms with Crippen LogP contribution in [0.25, 0.3) is 0 Å². The lowest BCUT2D eigenvalue weighted by Crippen LogP contribution is -2.44. The number of carbonyl (C=O) groups excluding carboxylic acids is 1. The van der Waals surface area contributed by atoms with Crippen LogP contribution in [0, 0.1) is 12.3 Å². The number of amides is 1. The number of nitrogens with two attached hydrogens (primary N) is 1. The van der Waals surface area contributed by atoms with E-state index in [2.05, 4.69) is 0 Å². The van der Waals surface area contributed by atoms with Crippen LogP contribution in [-0.2, 0) is 4.79 Å². The van der Waals surface area contributed by atoms with Crippen LogP contribution >= 0.6 is 12.4 Å². The molecule has 0 aliphatic carbocycles. The van der Waals surface area contributed by atoms with Crippen molar-refractivity contribution in [2.45, 2.75) is 33.8 Å². The summed E-state index contributed by atoms with van der Waals surface area (Å²) in [4.78, 5) is 14.0. The van der Waals surface area contributed by atoms with E-state index >= 15 is 0 Å². The smallest absolute Gasteiger partial charge is 0.263 e. The summed E-state index contributed by atoms with van der Waals surface area (Å²) in [5.41, 5.74) is 6.72. The molecule has 0 aromatic heterocycles. The quantitative estimate of drug-likeness (QED) is 0.878. The van der Waals surface area contributed by atoms with Gasteiger partial charge in [0, 0.05) is 13.6 Å². The van der Waals surface area contributed by atoms with Crippen molar-refractivity contribution in [1.82, 2.24) is 4.90 Å². The van der Waals surface area contributed by atoms with Crippen LogP contribution < -0.4 is 10.5 Å². The van der Waals surface area contributed by atoms with Gasteiger partial charge in [-0.2, -0.15) is 0 Å². The number of likely N-dealkylation sites (N-methyl/N-ethyl adjacent to an activating group) is 1. The van der Waals surface area contributed by atoms with E-state index < -0.39 is 6.10 Å². The minimum absolute atomic E-state index is 0. The Hall–Kier alpha value is -1.26. The molecule has 0 heterocycles. The Kier molecular flexibility index (Phi) is 7.75. The first kappa shape index (κ1) is 19.7. The van der Waals surface area contributed by atoms with E-state index in [1.54, 1.807) is 18.9 Å². The molecule has 0 spiro atoms. The van der Waals surface area contributed by atoms with Crippen LogP contribution in [0.1, 0.15) is 26.3 Å². The molecule has 0 radical (unpaired) electrons. The van der Waals surface area contributed by atoms with E-state index in [-0.39, 0.29) is 23.7 Å². The molecule has 5 heteroatoms. The number of ether oxygens (including phenoxy) is 1. The molecule has 0 aliphatic rings. The van der Waals surface area contributed by atoms with Crippen molar-refractivity contribution in [2.75, 3.05) is 20.1 Å². The molecule has 1 atom stereocenters. The number of nitrogens with zero attached hydrogens (tertiary/aromatic N) is 1. The second-order valence-electron chi connectivity index (χ2n) is 6.14. The topological polar surface area (TPSA) is 55.6 Å². The highest BCUT2D eigenvalue weighted by molar-refractivity contribution is 5.85. The van der Waals surface area contributed by atoms with Gasteiger partial charge in [0.1, 0.15) is 5.75 Å². The summed E-state index contributed by atoms with van der Waals surface area (Å²) in [6, 6.07) is 7.70. The number of halogens is 1. The van der Waals surface area contributed by atoms with Gasteiger partial charge in [-0.05, 0) is 43.5 Å². The standard InChI is InChI=1S/C16H26N2O2.ClH/c1-12-7-6-8-14(9-12)20-13(2)15(19)18(5)11-16(3,4)10-17;/h6-9,13H,10-11,17H2,1-5H3;1H. The first-order valence-electron chi connectivity index (χ1n) is 6.93. The molecule has 120 valence electrons. The molecule has 1 aromatic carbocycles. The van der Waals surface area contributed by atoms with Gasteiger partial charge >= 0.3 is 0 Å². The summed E-state index contributed by atoms with van der Waals surface area (Å²) in [5.74, 6) is 0.686. The number of rotatable bonds is 6. The highest BCUT2D eigenvalue weighted by Gasteiger charge is 2.25. The normalized spacial score (nSPS) is 12.3. The van der Waals surface area contributed by atoms with Crippen molar-refractivity contribution in [1.29, 1.82) is 0 Å². The van der Waals surface area contributed by atoms with Gasteiger partial charge in [-0.25, -0.2) is 0 Å². The molecular formula is C16H27ClN2O2. The van der Waals surface area contributed by atoms with Gasteiger partial charge in [-0.3, -0.25) is 4.79 Å². The number of aryl methyl sites for hydroxylation is 1. The summed E-state index contributed by atoms with van der Waals surface area (Å²) in [6.45, 7) is 9.01. The Bertz CT molecular complexity index is 463. The predicted octanol–water partition coefficient (Wildman–Crippen LogP) is 2.63. The average Bonchev–Trinajstić information content (AvgIpc) is 2.37. The van der Waals surface area contributed by atoms with Crippen molar-refractivity contribution in [3.05, 3.63) is 29.8 Å². The fourth-order valence-electron chi connectivity index (χ4n) is 2.04. The highest BCUT2D eigenvalue weighted by atomic mass is 35.5. The lowest BCUT2D eigenvalue weighted by Gasteiger charge is -2.30. The molecule has 2 N–H and O–H groups in total. The van der Waals surface area contributed by atoms with E-state index in [9.17, 15) is 4.79 Å². The minimum Gasteiger partial charge on any atom is -0.481 e. The van der Waals surface area contributed by atoms with Crippen molar-refractivity contribution in [3.8, 4) is 5.75 Å². The Morgan fingerprint density at radius 1 is 1.43 bits per heavy atom. The minimum atomic E-state index is -0.504. The van der Waals surface area contributed by atoms with Crippen molar-refractivity contribution in [3.63, 3.8) is 0 Å². The van der Waals surface area contributed by atoms with Crippen LogP contribution in [0.15, 0.2) is 24.3 Å². The molecule has 0 saturated heterocycles. The number of benzene rings is 1. The van der Waals surface area contributed by atoms with Crippen molar-refractivity contribution in [2.24, 2.45) is 11.1 Å². The Morgan fingerprint density at radius 3 is 2.57 bits per heavy atom. The summed E-state index contributed by atoms with van der Waals surface area (Å²) in [7, 11) is 1.79. The fourth-order valence-corrected chi connectivity index (χ4v) is 2.04. The van der Waals surface area contributed by atoms with E-state index in [1.807, 2.05) is 45.0 Å². The molecule has 21 heavy (non-hydrogen) atoms. The summed E-state index contributed by atoms with van der Waals surface area (Å²) < 4.78 is 5.70. The third-order valence-electron chi connectivity index (χ3n) is 3.24. The second-order valence-corrected chi connectivity index (χ2v) is 6.14. The zero-order valence-corrected chi connectivity index (χ0v) is 14.4. The fraction of sp³-hybridized carbons (Fsp3) is 0.562. The summed E-state index contributed by atoms with van der Waals surface area (Å²) in [6.07, 6.45) is -0.504. The first-order chi connectivity index (χ1) is 9.25. The summed E-state index contributed by atoms with van der Waals surface area (Å²) >= 11 is 0. The Labute approximate surface area is 134 Å². The predicted molar refractivity (Wildman–Crippen MR) is 89.0 cm³/mol. The van der Waals surface area contributed by atoms with E-state index in [0.29, 0.717) is 13.1 Å². The van der Waals surface area contributed by atoms with Gasteiger partial charge in [-0.15, -0.1) is 12.4 Å². The molecule has 4 nitrogen and oxygen atoms in total. The van der Waals surface area contributed by atoms with Gasteiger partial charge in [-0.1, -0.05) is 26.0 Å². The van der Waals surface area contributed by atoms with E-state index in [1.165, 1.54) is 0 Å². The number of hydrogen-bond acceptors (Lipinski definition) is 3. The van der Waals surface area contributed by atoms with Crippen molar-refractivity contribution < 1.29 is 9.53 Å². The van der Waals surface area contributed by atoms with Crippen LogP contribution in [0.3, 0.4) is 0 Å². The van der Waals surface area contributed by atoms with Crippen LogP contribution in [0.4, 0.5) is 0 Å². The molecular weight excluding hydrogens is 288 g/mol. The van der Waals surface area contributed by atoms with Crippen LogP contribution in [0.5, 0.6) is 5.75 Å². The first-order valence-corrected chi connectivity index (χ1v) is 6.93. The third-order valence-corrected chi connectivity index (χ3v) is 3.24. The van der Waals surface area contributed by atoms with Gasteiger partial charge < -0.3 is 15.4 Å². The third kappa shape index (κ3) is 6.36. The van der Waals surface area contributed by atoms with Crippen molar-refractivity contribution >= 4 is 18.3 Å². The zero-order valence-electron chi connectivity index (χ0n) is 13.6. The van der Waals surface area contributed by atoms with Crippen LogP contribution in [-0.4, -0.2) is 37.0 Å². The molecule has 0 aliphatic heterocycles. The molecule has 0 bridgehead atoms. The Morgan fingerprint density at radius 2 is 2.05 bits per heavy atom. The highest BCUT2D eigenvalue weighted by Crippen LogP contribution is 2.17. The van der Waals surface area contributed by atoms with Gasteiger partial charge in [0.25, 0.3) is 5.91 Å². The number of carbonyl (C=O) groups is 1. The van der Waals surface area contributed by atoms with Gasteiger partial charge in [0.2, 0.25) is 0 Å². The lowest BCUT2D eigenvalue weighted by molar-refractivity contribution is -0.137. The molecule has 0 fully saturated rings. The molecule has 1 unspecified atom stereocenters. The molecule has 1 amide bonds. The maximum absolute atomic E-state index is 12.3. The van der Waals surface area contributed by atoms with Gasteiger partial charge in [0.15, 0.2) is 6.10 Å². The lowest BCUT2D eigenvalue weighted by atomic mass is 9.93. The number of hydrogen-bond donors (Lipinski definition) is 1. The zero-order chi connectivity index (χ0) is 15.3. The molecule has 1 aromatic rings. The summed E-state index contributed by atoms with van der Waals surface area (Å²) in [5, 5.41) is 0. The average molecular weight is 315 g/mol. The van der Waals surface area contributed by atoms with E-state index in [0.717, 1.165) is 11.3 Å². The molecule has 0 saturated carbocycles.